The number of rotatable bonds is 1. The van der Waals surface area contributed by atoms with Crippen LogP contribution in [-0.4, -0.2) is 46.8 Å². The summed E-state index contributed by atoms with van der Waals surface area (Å²) >= 11 is 0. The first kappa shape index (κ1) is 17.7. The van der Waals surface area contributed by atoms with Gasteiger partial charge < -0.3 is 14.7 Å². The van der Waals surface area contributed by atoms with Crippen LogP contribution in [0.3, 0.4) is 0 Å². The Morgan fingerprint density at radius 1 is 1.42 bits per heavy atom. The Balaban J connectivity index is 0.000000362. The van der Waals surface area contributed by atoms with Gasteiger partial charge in [0, 0.05) is 26.1 Å². The SMILES string of the molecule is CC(=O)OC(C)(C)C.NNC1CCCN(C(=O)O)C1. The maximum absolute atomic E-state index is 10.5. The molecule has 7 heteroatoms. The van der Waals surface area contributed by atoms with E-state index in [4.69, 9.17) is 15.7 Å². The number of carbonyl (C=O) groups is 2. The van der Waals surface area contributed by atoms with Crippen LogP contribution in [0, 0.1) is 0 Å². The zero-order valence-electron chi connectivity index (χ0n) is 12.1. The van der Waals surface area contributed by atoms with Gasteiger partial charge in [0.15, 0.2) is 0 Å². The third kappa shape index (κ3) is 9.26. The van der Waals surface area contributed by atoms with Crippen molar-refractivity contribution in [2.45, 2.75) is 52.2 Å². The monoisotopic (exact) mass is 275 g/mol. The molecule has 0 aliphatic carbocycles. The summed E-state index contributed by atoms with van der Waals surface area (Å²) in [7, 11) is 0. The number of amides is 1. The molecule has 1 heterocycles. The first-order chi connectivity index (χ1) is 8.65. The van der Waals surface area contributed by atoms with E-state index < -0.39 is 6.09 Å². The number of hydrazine groups is 1. The maximum Gasteiger partial charge on any atom is 0.407 e. The fourth-order valence-corrected chi connectivity index (χ4v) is 1.72. The molecule has 112 valence electrons. The molecule has 1 rings (SSSR count). The Kier molecular flexibility index (Phi) is 7.40. The van der Waals surface area contributed by atoms with Crippen molar-refractivity contribution < 1.29 is 19.4 Å². The Morgan fingerprint density at radius 3 is 2.32 bits per heavy atom. The van der Waals surface area contributed by atoms with Crippen molar-refractivity contribution in [1.29, 1.82) is 0 Å². The van der Waals surface area contributed by atoms with Gasteiger partial charge in [0.05, 0.1) is 0 Å². The zero-order chi connectivity index (χ0) is 15.1. The summed E-state index contributed by atoms with van der Waals surface area (Å²) < 4.78 is 4.80. The topological polar surface area (TPSA) is 105 Å². The molecule has 1 fully saturated rings. The highest BCUT2D eigenvalue weighted by atomic mass is 16.6. The van der Waals surface area contributed by atoms with E-state index in [9.17, 15) is 9.59 Å². The van der Waals surface area contributed by atoms with Gasteiger partial charge in [-0.25, -0.2) is 4.79 Å². The summed E-state index contributed by atoms with van der Waals surface area (Å²) in [6, 6.07) is 0.125. The highest BCUT2D eigenvalue weighted by Gasteiger charge is 2.21. The number of carbonyl (C=O) groups excluding carboxylic acids is 1. The van der Waals surface area contributed by atoms with Crippen LogP contribution in [0.1, 0.15) is 40.5 Å². The number of esters is 1. The number of carboxylic acid groups (broad SMARTS) is 1. The molecular formula is C12H25N3O4. The van der Waals surface area contributed by atoms with E-state index in [-0.39, 0.29) is 17.6 Å². The van der Waals surface area contributed by atoms with Crippen molar-refractivity contribution in [1.82, 2.24) is 10.3 Å². The molecule has 0 spiro atoms. The summed E-state index contributed by atoms with van der Waals surface area (Å²) in [5, 5.41) is 8.61. The second-order valence-corrected chi connectivity index (χ2v) is 5.44. The number of nitrogens with one attached hydrogen (secondary N) is 1. The van der Waals surface area contributed by atoms with Crippen LogP contribution in [0.2, 0.25) is 0 Å². The highest BCUT2D eigenvalue weighted by molar-refractivity contribution is 5.66. The molecule has 0 aromatic heterocycles. The molecule has 1 atom stereocenters. The molecule has 1 aliphatic heterocycles. The maximum atomic E-state index is 10.5. The number of hydrogen-bond donors (Lipinski definition) is 3. The van der Waals surface area contributed by atoms with Crippen molar-refractivity contribution in [2.75, 3.05) is 13.1 Å². The van der Waals surface area contributed by atoms with Gasteiger partial charge in [-0.15, -0.1) is 0 Å². The van der Waals surface area contributed by atoms with E-state index in [0.29, 0.717) is 13.1 Å². The molecule has 1 amide bonds. The fourth-order valence-electron chi connectivity index (χ4n) is 1.72. The van der Waals surface area contributed by atoms with Crippen molar-refractivity contribution in [3.05, 3.63) is 0 Å². The van der Waals surface area contributed by atoms with Crippen molar-refractivity contribution in [2.24, 2.45) is 5.84 Å². The van der Waals surface area contributed by atoms with Crippen LogP contribution < -0.4 is 11.3 Å². The summed E-state index contributed by atoms with van der Waals surface area (Å²) in [5.41, 5.74) is 2.26. The van der Waals surface area contributed by atoms with Crippen LogP contribution >= 0.6 is 0 Å². The quantitative estimate of drug-likeness (QED) is 0.374. The number of likely N-dealkylation sites (tertiary alicyclic amines) is 1. The minimum atomic E-state index is -0.857. The molecule has 0 aromatic carbocycles. The van der Waals surface area contributed by atoms with Gasteiger partial charge >= 0.3 is 12.1 Å². The summed E-state index contributed by atoms with van der Waals surface area (Å²) in [6.45, 7) is 8.07. The lowest BCUT2D eigenvalue weighted by atomic mass is 10.1. The van der Waals surface area contributed by atoms with Gasteiger partial charge in [0.2, 0.25) is 0 Å². The number of nitrogens with two attached hydrogens (primary N) is 1. The second-order valence-electron chi connectivity index (χ2n) is 5.44. The van der Waals surface area contributed by atoms with Crippen molar-refractivity contribution in [3.63, 3.8) is 0 Å². The smallest absolute Gasteiger partial charge is 0.407 e. The van der Waals surface area contributed by atoms with E-state index >= 15 is 0 Å². The number of hydrogen-bond acceptors (Lipinski definition) is 5. The Labute approximate surface area is 114 Å². The number of ether oxygens (including phenoxy) is 1. The number of nitrogens with zero attached hydrogens (tertiary/aromatic N) is 1. The highest BCUT2D eigenvalue weighted by Crippen LogP contribution is 2.08. The standard InChI is InChI=1S/C6H13N3O2.C6H12O2/c7-8-5-2-1-3-9(4-5)6(10)11;1-5(7)8-6(2,3)4/h5,8H,1-4,7H2,(H,10,11);1-4H3. The molecule has 0 radical (unpaired) electrons. The Morgan fingerprint density at radius 2 is 2.00 bits per heavy atom. The van der Waals surface area contributed by atoms with E-state index in [1.807, 2.05) is 20.8 Å². The Hall–Kier alpha value is -1.34. The van der Waals surface area contributed by atoms with E-state index in [1.54, 1.807) is 0 Å². The van der Waals surface area contributed by atoms with E-state index in [2.05, 4.69) is 5.43 Å². The molecule has 7 nitrogen and oxygen atoms in total. The lowest BCUT2D eigenvalue weighted by Gasteiger charge is -2.29. The minimum absolute atomic E-state index is 0.125. The molecular weight excluding hydrogens is 250 g/mol. The van der Waals surface area contributed by atoms with Gasteiger partial charge in [-0.2, -0.15) is 0 Å². The van der Waals surface area contributed by atoms with Crippen LogP contribution in [0.4, 0.5) is 4.79 Å². The predicted octanol–water partition coefficient (Wildman–Crippen LogP) is 0.940. The van der Waals surface area contributed by atoms with Crippen LogP contribution in [0.25, 0.3) is 0 Å². The van der Waals surface area contributed by atoms with Gasteiger partial charge in [0.25, 0.3) is 0 Å². The van der Waals surface area contributed by atoms with Crippen LogP contribution in [-0.2, 0) is 9.53 Å². The van der Waals surface area contributed by atoms with Gasteiger partial charge in [-0.05, 0) is 33.6 Å². The lowest BCUT2D eigenvalue weighted by molar-refractivity contribution is -0.151. The third-order valence-corrected chi connectivity index (χ3v) is 2.38. The summed E-state index contributed by atoms with van der Waals surface area (Å²) in [5.74, 6) is 4.97. The first-order valence-corrected chi connectivity index (χ1v) is 6.29. The van der Waals surface area contributed by atoms with Crippen molar-refractivity contribution >= 4 is 12.1 Å². The largest absolute Gasteiger partial charge is 0.465 e. The molecule has 0 saturated carbocycles. The van der Waals surface area contributed by atoms with Crippen LogP contribution in [0.5, 0.6) is 0 Å². The molecule has 19 heavy (non-hydrogen) atoms. The molecule has 0 aromatic rings. The van der Waals surface area contributed by atoms with E-state index in [1.165, 1.54) is 11.8 Å². The first-order valence-electron chi connectivity index (χ1n) is 6.29. The average Bonchev–Trinajstić information content (AvgIpc) is 2.26. The molecule has 1 aliphatic rings. The second kappa shape index (κ2) is 7.96. The molecule has 4 N–H and O–H groups in total. The fraction of sp³-hybridized carbons (Fsp3) is 0.833. The normalized spacial score (nSPS) is 19.2. The molecule has 1 saturated heterocycles. The zero-order valence-corrected chi connectivity index (χ0v) is 12.1. The van der Waals surface area contributed by atoms with Gasteiger partial charge in [-0.1, -0.05) is 0 Å². The number of piperidine rings is 1. The Bertz CT molecular complexity index is 302. The predicted molar refractivity (Wildman–Crippen MR) is 71.5 cm³/mol. The van der Waals surface area contributed by atoms with Crippen LogP contribution in [0.15, 0.2) is 0 Å². The minimum Gasteiger partial charge on any atom is -0.465 e. The van der Waals surface area contributed by atoms with Gasteiger partial charge in [0.1, 0.15) is 5.60 Å². The molecule has 0 bridgehead atoms. The summed E-state index contributed by atoms with van der Waals surface area (Å²) in [4.78, 5) is 22.1. The van der Waals surface area contributed by atoms with Crippen molar-refractivity contribution in [3.8, 4) is 0 Å². The van der Waals surface area contributed by atoms with Gasteiger partial charge in [-0.3, -0.25) is 16.1 Å². The average molecular weight is 275 g/mol. The van der Waals surface area contributed by atoms with E-state index in [0.717, 1.165) is 12.8 Å². The summed E-state index contributed by atoms with van der Waals surface area (Å²) in [6.07, 6.45) is 0.992. The molecule has 1 unspecified atom stereocenters. The third-order valence-electron chi connectivity index (χ3n) is 2.38. The lowest BCUT2D eigenvalue weighted by Crippen LogP contribution is -2.49.